The van der Waals surface area contributed by atoms with E-state index in [4.69, 9.17) is 5.11 Å². The Morgan fingerprint density at radius 3 is 2.36 bits per heavy atom. The van der Waals surface area contributed by atoms with E-state index in [0.29, 0.717) is 17.2 Å². The molecule has 0 radical (unpaired) electrons. The first-order valence-electron chi connectivity index (χ1n) is 8.07. The van der Waals surface area contributed by atoms with Crippen molar-refractivity contribution in [2.45, 2.75) is 32.2 Å². The van der Waals surface area contributed by atoms with Gasteiger partial charge in [-0.3, -0.25) is 14.4 Å². The van der Waals surface area contributed by atoms with Crippen LogP contribution < -0.4 is 0 Å². The fourth-order valence-corrected chi connectivity index (χ4v) is 3.81. The first kappa shape index (κ1) is 19.3. The monoisotopic (exact) mass is 364 g/mol. The Hall–Kier alpha value is -2.02. The molecule has 1 aliphatic heterocycles. The molecule has 0 spiro atoms. The summed E-state index contributed by atoms with van der Waals surface area (Å²) in [5.41, 5.74) is 1.67. The number of carbonyl (C=O) groups excluding carboxylic acids is 2. The molecule has 0 aromatic heterocycles. The fourth-order valence-electron chi connectivity index (χ4n) is 2.66. The van der Waals surface area contributed by atoms with Gasteiger partial charge in [-0.25, -0.2) is 0 Å². The average Bonchev–Trinajstić information content (AvgIpc) is 3.01. The molecule has 0 saturated carbocycles. The number of carbonyl (C=O) groups is 3. The summed E-state index contributed by atoms with van der Waals surface area (Å²) in [6.07, 6.45) is 0. The van der Waals surface area contributed by atoms with Crippen molar-refractivity contribution in [1.82, 2.24) is 9.80 Å². The topological polar surface area (TPSA) is 77.9 Å². The van der Waals surface area contributed by atoms with Crippen molar-refractivity contribution < 1.29 is 19.5 Å². The van der Waals surface area contributed by atoms with Crippen molar-refractivity contribution >= 4 is 29.5 Å². The standard InChI is InChI=1S/C18H24N2O4S/c1-18(2,3)13-7-5-12(6-8-13)16(23)20-11-25-10-14(20)17(24)19(4)9-15(21)22/h5-8,14H,9-11H2,1-4H3,(H,21,22). The number of thioether (sulfide) groups is 1. The summed E-state index contributed by atoms with van der Waals surface area (Å²) in [6.45, 7) is 5.94. The van der Waals surface area contributed by atoms with Crippen molar-refractivity contribution in [3.63, 3.8) is 0 Å². The molecule has 1 fully saturated rings. The lowest BCUT2D eigenvalue weighted by atomic mass is 9.86. The van der Waals surface area contributed by atoms with Crippen LogP contribution in [0.15, 0.2) is 24.3 Å². The van der Waals surface area contributed by atoms with Gasteiger partial charge in [0.25, 0.3) is 5.91 Å². The third-order valence-corrected chi connectivity index (χ3v) is 5.19. The summed E-state index contributed by atoms with van der Waals surface area (Å²) >= 11 is 1.50. The van der Waals surface area contributed by atoms with Gasteiger partial charge in [0.05, 0.1) is 5.88 Å². The summed E-state index contributed by atoms with van der Waals surface area (Å²) in [4.78, 5) is 38.7. The SMILES string of the molecule is CN(CC(=O)O)C(=O)C1CSCN1C(=O)c1ccc(C(C)(C)C)cc1. The summed E-state index contributed by atoms with van der Waals surface area (Å²) in [7, 11) is 1.44. The molecule has 2 amide bonds. The number of nitrogens with zero attached hydrogens (tertiary/aromatic N) is 2. The summed E-state index contributed by atoms with van der Waals surface area (Å²) in [5, 5.41) is 8.84. The number of carboxylic acids is 1. The second kappa shape index (κ2) is 7.47. The first-order chi connectivity index (χ1) is 11.6. The quantitative estimate of drug-likeness (QED) is 0.885. The van der Waals surface area contributed by atoms with Gasteiger partial charge in [-0.15, -0.1) is 11.8 Å². The van der Waals surface area contributed by atoms with Gasteiger partial charge >= 0.3 is 5.97 Å². The molecule has 25 heavy (non-hydrogen) atoms. The van der Waals surface area contributed by atoms with Crippen LogP contribution in [0, 0.1) is 0 Å². The van der Waals surface area contributed by atoms with Crippen LogP contribution in [0.4, 0.5) is 0 Å². The molecule has 0 aliphatic carbocycles. The van der Waals surface area contributed by atoms with Crippen LogP contribution in [0.25, 0.3) is 0 Å². The van der Waals surface area contributed by atoms with Gasteiger partial charge in [0.1, 0.15) is 12.6 Å². The largest absolute Gasteiger partial charge is 0.480 e. The highest BCUT2D eigenvalue weighted by Crippen LogP contribution is 2.26. The minimum absolute atomic E-state index is 0.00309. The molecule has 1 unspecified atom stereocenters. The molecule has 0 bridgehead atoms. The second-order valence-electron chi connectivity index (χ2n) is 7.21. The number of likely N-dealkylation sites (N-methyl/N-ethyl adjacent to an activating group) is 1. The van der Waals surface area contributed by atoms with Crippen LogP contribution in [-0.2, 0) is 15.0 Å². The molecule has 136 valence electrons. The van der Waals surface area contributed by atoms with Crippen LogP contribution in [0.1, 0.15) is 36.7 Å². The zero-order chi connectivity index (χ0) is 18.8. The summed E-state index contributed by atoms with van der Waals surface area (Å²) in [6, 6.07) is 6.82. The van der Waals surface area contributed by atoms with Crippen LogP contribution in [-0.4, -0.2) is 64.0 Å². The number of hydrogen-bond donors (Lipinski definition) is 1. The van der Waals surface area contributed by atoms with Gasteiger partial charge in [-0.05, 0) is 23.1 Å². The highest BCUT2D eigenvalue weighted by molar-refractivity contribution is 7.99. The molecule has 1 heterocycles. The number of aliphatic carboxylic acids is 1. The lowest BCUT2D eigenvalue weighted by Gasteiger charge is -2.27. The molecule has 2 rings (SSSR count). The van der Waals surface area contributed by atoms with E-state index in [1.54, 1.807) is 12.1 Å². The zero-order valence-corrected chi connectivity index (χ0v) is 15.8. The average molecular weight is 364 g/mol. The molecular formula is C18H24N2O4S. The molecule has 1 atom stereocenters. The maximum absolute atomic E-state index is 12.8. The normalized spacial score (nSPS) is 17.4. The van der Waals surface area contributed by atoms with Crippen molar-refractivity contribution in [3.05, 3.63) is 35.4 Å². The van der Waals surface area contributed by atoms with E-state index in [1.807, 2.05) is 12.1 Å². The Kier molecular flexibility index (Phi) is 5.77. The number of benzene rings is 1. The lowest BCUT2D eigenvalue weighted by Crippen LogP contribution is -2.48. The summed E-state index contributed by atoms with van der Waals surface area (Å²) < 4.78 is 0. The van der Waals surface area contributed by atoms with E-state index in [2.05, 4.69) is 20.8 Å². The van der Waals surface area contributed by atoms with Gasteiger partial charge in [-0.1, -0.05) is 32.9 Å². The predicted octanol–water partition coefficient (Wildman–Crippen LogP) is 2.04. The number of rotatable bonds is 4. The predicted molar refractivity (Wildman–Crippen MR) is 97.7 cm³/mol. The van der Waals surface area contributed by atoms with Gasteiger partial charge in [0.2, 0.25) is 5.91 Å². The summed E-state index contributed by atoms with van der Waals surface area (Å²) in [5.74, 6) is -0.706. The first-order valence-corrected chi connectivity index (χ1v) is 9.22. The Labute approximate surface area is 152 Å². The molecule has 1 N–H and O–H groups in total. The van der Waals surface area contributed by atoms with Crippen LogP contribution in [0.5, 0.6) is 0 Å². The highest BCUT2D eigenvalue weighted by atomic mass is 32.2. The Bertz CT molecular complexity index is 667. The smallest absolute Gasteiger partial charge is 0.323 e. The second-order valence-corrected chi connectivity index (χ2v) is 8.21. The molecule has 1 aliphatic rings. The van der Waals surface area contributed by atoms with E-state index in [-0.39, 0.29) is 23.8 Å². The molecule has 7 heteroatoms. The van der Waals surface area contributed by atoms with E-state index in [0.717, 1.165) is 10.5 Å². The molecule has 1 aromatic rings. The van der Waals surface area contributed by atoms with E-state index < -0.39 is 12.0 Å². The fraction of sp³-hybridized carbons (Fsp3) is 0.500. The van der Waals surface area contributed by atoms with Gasteiger partial charge in [0.15, 0.2) is 0 Å². The van der Waals surface area contributed by atoms with Crippen LogP contribution in [0.3, 0.4) is 0 Å². The zero-order valence-electron chi connectivity index (χ0n) is 15.0. The maximum atomic E-state index is 12.8. The van der Waals surface area contributed by atoms with E-state index >= 15 is 0 Å². The minimum Gasteiger partial charge on any atom is -0.480 e. The van der Waals surface area contributed by atoms with Crippen LogP contribution >= 0.6 is 11.8 Å². The number of amides is 2. The Morgan fingerprint density at radius 1 is 1.24 bits per heavy atom. The minimum atomic E-state index is -1.07. The number of carboxylic acid groups (broad SMARTS) is 1. The lowest BCUT2D eigenvalue weighted by molar-refractivity contribution is -0.144. The maximum Gasteiger partial charge on any atom is 0.323 e. The number of hydrogen-bond acceptors (Lipinski definition) is 4. The Morgan fingerprint density at radius 2 is 1.84 bits per heavy atom. The molecular weight excluding hydrogens is 340 g/mol. The Balaban J connectivity index is 2.15. The van der Waals surface area contributed by atoms with Crippen LogP contribution in [0.2, 0.25) is 0 Å². The third-order valence-electron chi connectivity index (χ3n) is 4.17. The van der Waals surface area contributed by atoms with Crippen molar-refractivity contribution in [3.8, 4) is 0 Å². The van der Waals surface area contributed by atoms with Gasteiger partial charge < -0.3 is 14.9 Å². The van der Waals surface area contributed by atoms with Crippen molar-refractivity contribution in [2.75, 3.05) is 25.2 Å². The van der Waals surface area contributed by atoms with Gasteiger partial charge in [0, 0.05) is 18.4 Å². The van der Waals surface area contributed by atoms with Crippen molar-refractivity contribution in [2.24, 2.45) is 0 Å². The molecule has 6 nitrogen and oxygen atoms in total. The van der Waals surface area contributed by atoms with Gasteiger partial charge in [-0.2, -0.15) is 0 Å². The van der Waals surface area contributed by atoms with Crippen molar-refractivity contribution in [1.29, 1.82) is 0 Å². The van der Waals surface area contributed by atoms with E-state index in [1.165, 1.54) is 23.7 Å². The molecule has 1 saturated heterocycles. The highest BCUT2D eigenvalue weighted by Gasteiger charge is 2.37. The van der Waals surface area contributed by atoms with E-state index in [9.17, 15) is 14.4 Å². The third kappa shape index (κ3) is 4.54. The molecule has 1 aromatic carbocycles.